The van der Waals surface area contributed by atoms with Crippen LogP contribution < -0.4 is 10.6 Å². The molecule has 1 fully saturated rings. The monoisotopic (exact) mass is 349 g/mol. The first-order valence-corrected chi connectivity index (χ1v) is 8.93. The molecule has 0 aromatic heterocycles. The van der Waals surface area contributed by atoms with Gasteiger partial charge in [-0.05, 0) is 45.2 Å². The van der Waals surface area contributed by atoms with Gasteiger partial charge in [-0.1, -0.05) is 18.2 Å². The molecule has 0 unspecified atom stereocenters. The van der Waals surface area contributed by atoms with Crippen LogP contribution in [0.4, 0.5) is 4.39 Å². The lowest BCUT2D eigenvalue weighted by Gasteiger charge is -2.16. The number of guanidine groups is 1. The molecule has 0 atom stereocenters. The van der Waals surface area contributed by atoms with E-state index in [9.17, 15) is 9.18 Å². The second-order valence-corrected chi connectivity index (χ2v) is 6.67. The number of nitrogens with zero attached hydrogens (tertiary/aromatic N) is 1. The summed E-state index contributed by atoms with van der Waals surface area (Å²) in [6.07, 6.45) is 2.06. The van der Waals surface area contributed by atoms with E-state index in [2.05, 4.69) is 15.6 Å². The van der Waals surface area contributed by atoms with E-state index in [-0.39, 0.29) is 29.7 Å². The van der Waals surface area contributed by atoms with E-state index in [1.165, 1.54) is 6.07 Å². The van der Waals surface area contributed by atoms with E-state index < -0.39 is 0 Å². The Morgan fingerprint density at radius 2 is 2.04 bits per heavy atom. The summed E-state index contributed by atoms with van der Waals surface area (Å²) in [5.74, 6) is 0.246. The number of hydrogen-bond donors (Lipinski definition) is 2. The maximum Gasteiger partial charge on any atom is 0.307 e. The first kappa shape index (κ1) is 19.2. The van der Waals surface area contributed by atoms with Crippen LogP contribution in [0.2, 0.25) is 0 Å². The van der Waals surface area contributed by atoms with E-state index in [0.29, 0.717) is 19.0 Å². The minimum Gasteiger partial charge on any atom is -0.463 e. The van der Waals surface area contributed by atoms with Gasteiger partial charge in [-0.15, -0.1) is 0 Å². The molecular weight excluding hydrogens is 321 g/mol. The zero-order valence-corrected chi connectivity index (χ0v) is 15.3. The smallest absolute Gasteiger partial charge is 0.307 e. The van der Waals surface area contributed by atoms with Crippen molar-refractivity contribution >= 4 is 11.9 Å². The molecule has 0 saturated heterocycles. The molecule has 0 bridgehead atoms. The maximum absolute atomic E-state index is 14.1. The van der Waals surface area contributed by atoms with Gasteiger partial charge in [0.15, 0.2) is 5.96 Å². The van der Waals surface area contributed by atoms with Gasteiger partial charge in [0.1, 0.15) is 5.82 Å². The van der Waals surface area contributed by atoms with Crippen LogP contribution in [0.15, 0.2) is 29.3 Å². The van der Waals surface area contributed by atoms with Crippen molar-refractivity contribution in [3.05, 3.63) is 35.6 Å². The Morgan fingerprint density at radius 1 is 1.32 bits per heavy atom. The zero-order valence-electron chi connectivity index (χ0n) is 15.3. The van der Waals surface area contributed by atoms with Crippen LogP contribution in [-0.2, 0) is 14.9 Å². The Labute approximate surface area is 149 Å². The molecule has 0 heterocycles. The van der Waals surface area contributed by atoms with Gasteiger partial charge in [0.2, 0.25) is 0 Å². The Hall–Kier alpha value is -2.11. The first-order valence-electron chi connectivity index (χ1n) is 8.93. The fraction of sp³-hybridized carbons (Fsp3) is 0.579. The summed E-state index contributed by atoms with van der Waals surface area (Å²) in [7, 11) is 0. The Kier molecular flexibility index (Phi) is 6.79. The number of hydrogen-bond acceptors (Lipinski definition) is 3. The minimum absolute atomic E-state index is 0.107. The van der Waals surface area contributed by atoms with E-state index >= 15 is 0 Å². The largest absolute Gasteiger partial charge is 0.463 e. The maximum atomic E-state index is 14.1. The molecule has 5 nitrogen and oxygen atoms in total. The Balaban J connectivity index is 1.91. The summed E-state index contributed by atoms with van der Waals surface area (Å²) < 4.78 is 19.2. The van der Waals surface area contributed by atoms with E-state index in [1.54, 1.807) is 6.07 Å². The third kappa shape index (κ3) is 5.73. The van der Waals surface area contributed by atoms with Crippen LogP contribution in [0.25, 0.3) is 0 Å². The molecule has 25 heavy (non-hydrogen) atoms. The first-order chi connectivity index (χ1) is 12.0. The fourth-order valence-electron chi connectivity index (χ4n) is 2.73. The summed E-state index contributed by atoms with van der Waals surface area (Å²) in [6, 6.07) is 6.93. The van der Waals surface area contributed by atoms with Crippen molar-refractivity contribution in [3.8, 4) is 0 Å². The molecular formula is C19H28FN3O2. The van der Waals surface area contributed by atoms with Gasteiger partial charge in [-0.25, -0.2) is 4.39 Å². The SMILES string of the molecule is CCNC(=NCC1(c2ccccc2F)CC1)NCCC(=O)OC(C)C. The molecule has 1 aromatic carbocycles. The lowest BCUT2D eigenvalue weighted by Crippen LogP contribution is -2.39. The zero-order chi connectivity index (χ0) is 18.3. The van der Waals surface area contributed by atoms with Crippen molar-refractivity contribution in [3.63, 3.8) is 0 Å². The van der Waals surface area contributed by atoms with Crippen molar-refractivity contribution in [2.45, 2.75) is 51.6 Å². The molecule has 0 amide bonds. The van der Waals surface area contributed by atoms with Crippen molar-refractivity contribution in [2.75, 3.05) is 19.6 Å². The molecule has 2 rings (SSSR count). The van der Waals surface area contributed by atoms with E-state index in [1.807, 2.05) is 32.9 Å². The molecule has 138 valence electrons. The standard InChI is InChI=1S/C19H28FN3O2/c1-4-21-18(22-12-9-17(24)25-14(2)3)23-13-19(10-11-19)15-7-5-6-8-16(15)20/h5-8,14H,4,9-13H2,1-3H3,(H2,21,22,23). The number of benzene rings is 1. The fourth-order valence-corrected chi connectivity index (χ4v) is 2.73. The van der Waals surface area contributed by atoms with Crippen LogP contribution in [0.1, 0.15) is 45.6 Å². The van der Waals surface area contributed by atoms with Crippen molar-refractivity contribution < 1.29 is 13.9 Å². The summed E-state index contributed by atoms with van der Waals surface area (Å²) in [5.41, 5.74) is 0.555. The summed E-state index contributed by atoms with van der Waals surface area (Å²) >= 11 is 0. The predicted molar refractivity (Wildman–Crippen MR) is 97.1 cm³/mol. The highest BCUT2D eigenvalue weighted by molar-refractivity contribution is 5.80. The third-order valence-electron chi connectivity index (χ3n) is 4.17. The van der Waals surface area contributed by atoms with Gasteiger partial charge in [0, 0.05) is 18.5 Å². The quantitative estimate of drug-likeness (QED) is 0.430. The number of aliphatic imine (C=N–C) groups is 1. The lowest BCUT2D eigenvalue weighted by atomic mass is 9.95. The van der Waals surface area contributed by atoms with Gasteiger partial charge in [0.25, 0.3) is 0 Å². The number of nitrogens with one attached hydrogen (secondary N) is 2. The predicted octanol–water partition coefficient (Wildman–Crippen LogP) is 2.75. The van der Waals surface area contributed by atoms with Crippen molar-refractivity contribution in [1.82, 2.24) is 10.6 Å². The van der Waals surface area contributed by atoms with Crippen LogP contribution in [-0.4, -0.2) is 37.7 Å². The highest BCUT2D eigenvalue weighted by Gasteiger charge is 2.45. The van der Waals surface area contributed by atoms with E-state index in [4.69, 9.17) is 4.74 Å². The normalized spacial score (nSPS) is 15.8. The highest BCUT2D eigenvalue weighted by Crippen LogP contribution is 2.49. The lowest BCUT2D eigenvalue weighted by molar-refractivity contribution is -0.147. The van der Waals surface area contributed by atoms with Crippen LogP contribution in [0.5, 0.6) is 0 Å². The van der Waals surface area contributed by atoms with Gasteiger partial charge < -0.3 is 15.4 Å². The summed E-state index contributed by atoms with van der Waals surface area (Å²) in [5, 5.41) is 6.29. The van der Waals surface area contributed by atoms with Crippen molar-refractivity contribution in [2.24, 2.45) is 4.99 Å². The van der Waals surface area contributed by atoms with Gasteiger partial charge in [-0.2, -0.15) is 0 Å². The molecule has 1 aromatic rings. The van der Waals surface area contributed by atoms with Crippen LogP contribution in [0.3, 0.4) is 0 Å². The van der Waals surface area contributed by atoms with Crippen LogP contribution in [0, 0.1) is 5.82 Å². The number of esters is 1. The Bertz CT molecular complexity index is 612. The van der Waals surface area contributed by atoms with E-state index in [0.717, 1.165) is 24.9 Å². The molecule has 0 radical (unpaired) electrons. The van der Waals surface area contributed by atoms with Crippen molar-refractivity contribution in [1.29, 1.82) is 0 Å². The molecule has 0 aliphatic heterocycles. The average Bonchev–Trinajstić information content (AvgIpc) is 3.33. The number of carbonyl (C=O) groups is 1. The third-order valence-corrected chi connectivity index (χ3v) is 4.17. The summed E-state index contributed by atoms with van der Waals surface area (Å²) in [4.78, 5) is 16.2. The molecule has 1 saturated carbocycles. The molecule has 0 spiro atoms. The highest BCUT2D eigenvalue weighted by atomic mass is 19.1. The van der Waals surface area contributed by atoms with Gasteiger partial charge >= 0.3 is 5.97 Å². The van der Waals surface area contributed by atoms with Crippen LogP contribution >= 0.6 is 0 Å². The molecule has 1 aliphatic carbocycles. The topological polar surface area (TPSA) is 62.7 Å². The Morgan fingerprint density at radius 3 is 2.64 bits per heavy atom. The number of carbonyl (C=O) groups excluding carboxylic acids is 1. The van der Waals surface area contributed by atoms with Gasteiger partial charge in [0.05, 0.1) is 19.1 Å². The molecule has 1 aliphatic rings. The number of rotatable bonds is 8. The minimum atomic E-state index is -0.233. The number of halogens is 1. The molecule has 2 N–H and O–H groups in total. The molecule has 6 heteroatoms. The second-order valence-electron chi connectivity index (χ2n) is 6.67. The number of ether oxygens (including phenoxy) is 1. The summed E-state index contributed by atoms with van der Waals surface area (Å²) in [6.45, 7) is 7.33. The average molecular weight is 349 g/mol. The van der Waals surface area contributed by atoms with Gasteiger partial charge in [-0.3, -0.25) is 9.79 Å². The second kappa shape index (κ2) is 8.83.